The van der Waals surface area contributed by atoms with E-state index in [0.717, 1.165) is 17.6 Å². The minimum absolute atomic E-state index is 0.0484. The molecule has 0 aromatic heterocycles. The topological polar surface area (TPSA) is 75.6 Å². The summed E-state index contributed by atoms with van der Waals surface area (Å²) in [6.45, 7) is 6.65. The molecule has 0 saturated carbocycles. The van der Waals surface area contributed by atoms with Crippen LogP contribution in [0, 0.1) is 5.92 Å². The monoisotopic (exact) mass is 423 g/mol. The summed E-state index contributed by atoms with van der Waals surface area (Å²) in [7, 11) is 0. The largest absolute Gasteiger partial charge is 0.491 e. The highest BCUT2D eigenvalue weighted by atomic mass is 16.5. The zero-order valence-corrected chi connectivity index (χ0v) is 18.7. The number of benzene rings is 2. The van der Waals surface area contributed by atoms with Crippen LogP contribution in [-0.4, -0.2) is 23.6 Å². The van der Waals surface area contributed by atoms with Gasteiger partial charge in [-0.15, -0.1) is 0 Å². The molecule has 0 aliphatic carbocycles. The normalized spacial score (nSPS) is 11.4. The molecule has 0 radical (unpaired) electrons. The van der Waals surface area contributed by atoms with Crippen LogP contribution < -0.4 is 10.1 Å². The van der Waals surface area contributed by atoms with Gasteiger partial charge in [0.05, 0.1) is 12.3 Å². The molecule has 1 amide bonds. The number of carboxylic acid groups (broad SMARTS) is 1. The van der Waals surface area contributed by atoms with Gasteiger partial charge in [0, 0.05) is 12.5 Å². The van der Waals surface area contributed by atoms with Gasteiger partial charge in [-0.05, 0) is 54.5 Å². The number of hydrogen-bond acceptors (Lipinski definition) is 3. The third kappa shape index (κ3) is 8.28. The molecule has 2 rings (SSSR count). The van der Waals surface area contributed by atoms with Crippen LogP contribution in [0.1, 0.15) is 57.6 Å². The van der Waals surface area contributed by atoms with E-state index >= 15 is 0 Å². The predicted molar refractivity (Wildman–Crippen MR) is 125 cm³/mol. The molecule has 2 aromatic carbocycles. The average molecular weight is 424 g/mol. The molecule has 0 aliphatic rings. The first kappa shape index (κ1) is 24.2. The summed E-state index contributed by atoms with van der Waals surface area (Å²) in [5.74, 6) is 0.146. The summed E-state index contributed by atoms with van der Waals surface area (Å²) in [5.41, 5.74) is 3.78. The quantitative estimate of drug-likeness (QED) is 0.327. The first-order valence-electron chi connectivity index (χ1n) is 10.9. The third-order valence-corrected chi connectivity index (χ3v) is 5.37. The zero-order chi connectivity index (χ0) is 22.6. The standard InChI is InChI=1S/C26H33NO4/c1-4-20(5-2)18-21-12-14-22(15-13-21)19(3)17-25(28)27-23-9-6-7-10-24(23)31-16-8-11-26(29)30/h6-7,9-10,12-15,17,20H,4-5,8,11,16,18H2,1-3H3,(H,27,28)(H,29,30)/b19-17+. The Morgan fingerprint density at radius 3 is 2.39 bits per heavy atom. The first-order valence-corrected chi connectivity index (χ1v) is 10.9. The lowest BCUT2D eigenvalue weighted by atomic mass is 9.93. The number of allylic oxidation sites excluding steroid dienone is 1. The molecule has 0 spiro atoms. The molecule has 0 fully saturated rings. The van der Waals surface area contributed by atoms with Gasteiger partial charge in [0.15, 0.2) is 0 Å². The summed E-state index contributed by atoms with van der Waals surface area (Å²) in [5, 5.41) is 11.6. The first-order chi connectivity index (χ1) is 14.9. The van der Waals surface area contributed by atoms with Crippen LogP contribution >= 0.6 is 0 Å². The van der Waals surface area contributed by atoms with Gasteiger partial charge in [0.2, 0.25) is 5.91 Å². The van der Waals surface area contributed by atoms with E-state index in [4.69, 9.17) is 9.84 Å². The van der Waals surface area contributed by atoms with Crippen LogP contribution in [0.3, 0.4) is 0 Å². The van der Waals surface area contributed by atoms with E-state index in [-0.39, 0.29) is 18.9 Å². The molecule has 5 nitrogen and oxygen atoms in total. The molecule has 166 valence electrons. The molecule has 5 heteroatoms. The smallest absolute Gasteiger partial charge is 0.303 e. The number of ether oxygens (including phenoxy) is 1. The van der Waals surface area contributed by atoms with Crippen molar-refractivity contribution in [3.8, 4) is 5.75 Å². The Balaban J connectivity index is 1.99. The van der Waals surface area contributed by atoms with Crippen LogP contribution in [0.2, 0.25) is 0 Å². The van der Waals surface area contributed by atoms with Gasteiger partial charge in [0.25, 0.3) is 0 Å². The highest BCUT2D eigenvalue weighted by Gasteiger charge is 2.08. The lowest BCUT2D eigenvalue weighted by molar-refractivity contribution is -0.137. The van der Waals surface area contributed by atoms with Crippen LogP contribution in [0.25, 0.3) is 5.57 Å². The van der Waals surface area contributed by atoms with Crippen molar-refractivity contribution in [2.75, 3.05) is 11.9 Å². The van der Waals surface area contributed by atoms with Crippen LogP contribution in [0.5, 0.6) is 5.75 Å². The number of hydrogen-bond donors (Lipinski definition) is 2. The fourth-order valence-corrected chi connectivity index (χ4v) is 3.36. The summed E-state index contributed by atoms with van der Waals surface area (Å²) >= 11 is 0. The van der Waals surface area contributed by atoms with Crippen molar-refractivity contribution in [2.24, 2.45) is 5.92 Å². The summed E-state index contributed by atoms with van der Waals surface area (Å²) in [6, 6.07) is 15.6. The molecule has 2 N–H and O–H groups in total. The van der Waals surface area contributed by atoms with Gasteiger partial charge in [-0.25, -0.2) is 0 Å². The molecule has 31 heavy (non-hydrogen) atoms. The molecule has 0 saturated heterocycles. The van der Waals surface area contributed by atoms with Crippen molar-refractivity contribution in [3.63, 3.8) is 0 Å². The van der Waals surface area contributed by atoms with Gasteiger partial charge in [-0.3, -0.25) is 9.59 Å². The molecule has 0 aliphatic heterocycles. The molecule has 0 bridgehead atoms. The fourth-order valence-electron chi connectivity index (χ4n) is 3.36. The number of nitrogens with one attached hydrogen (secondary N) is 1. The van der Waals surface area contributed by atoms with Gasteiger partial charge >= 0.3 is 5.97 Å². The van der Waals surface area contributed by atoms with E-state index in [0.29, 0.717) is 23.8 Å². The number of carbonyl (C=O) groups excluding carboxylic acids is 1. The number of carbonyl (C=O) groups is 2. The summed E-state index contributed by atoms with van der Waals surface area (Å²) < 4.78 is 5.64. The number of anilines is 1. The SMILES string of the molecule is CCC(CC)Cc1ccc(/C(C)=C/C(=O)Nc2ccccc2OCCCC(=O)O)cc1. The number of para-hydroxylation sites is 2. The van der Waals surface area contributed by atoms with Crippen LogP contribution in [0.15, 0.2) is 54.6 Å². The number of rotatable bonds is 12. The van der Waals surface area contributed by atoms with E-state index in [2.05, 4.69) is 43.4 Å². The maximum absolute atomic E-state index is 12.5. The second-order valence-electron chi connectivity index (χ2n) is 7.74. The highest BCUT2D eigenvalue weighted by molar-refractivity contribution is 6.04. The van der Waals surface area contributed by atoms with E-state index in [1.54, 1.807) is 18.2 Å². The molecule has 0 heterocycles. The highest BCUT2D eigenvalue weighted by Crippen LogP contribution is 2.25. The van der Waals surface area contributed by atoms with Crippen molar-refractivity contribution in [1.82, 2.24) is 0 Å². The predicted octanol–water partition coefficient (Wildman–Crippen LogP) is 5.95. The molecule has 2 aromatic rings. The minimum Gasteiger partial charge on any atom is -0.491 e. The Morgan fingerprint density at radius 1 is 1.06 bits per heavy atom. The maximum atomic E-state index is 12.5. The lowest BCUT2D eigenvalue weighted by Gasteiger charge is -2.13. The number of amides is 1. The number of aliphatic carboxylic acids is 1. The lowest BCUT2D eigenvalue weighted by Crippen LogP contribution is -2.11. The van der Waals surface area contributed by atoms with E-state index in [1.807, 2.05) is 19.1 Å². The van der Waals surface area contributed by atoms with Crippen molar-refractivity contribution in [3.05, 3.63) is 65.7 Å². The summed E-state index contributed by atoms with van der Waals surface area (Å²) in [4.78, 5) is 23.2. The van der Waals surface area contributed by atoms with Crippen molar-refractivity contribution in [2.45, 2.75) is 52.9 Å². The van der Waals surface area contributed by atoms with Gasteiger partial charge in [-0.1, -0.05) is 63.1 Å². The minimum atomic E-state index is -0.852. The van der Waals surface area contributed by atoms with Crippen molar-refractivity contribution >= 4 is 23.1 Å². The van der Waals surface area contributed by atoms with Gasteiger partial charge in [-0.2, -0.15) is 0 Å². The molecular formula is C26H33NO4. The van der Waals surface area contributed by atoms with Gasteiger partial charge in [0.1, 0.15) is 5.75 Å². The summed E-state index contributed by atoms with van der Waals surface area (Å²) in [6.07, 6.45) is 5.48. The van der Waals surface area contributed by atoms with E-state index < -0.39 is 5.97 Å². The Hall–Kier alpha value is -3.08. The Kier molecular flexibility index (Phi) is 9.82. The Labute approximate surface area is 185 Å². The van der Waals surface area contributed by atoms with Crippen LogP contribution in [0.4, 0.5) is 5.69 Å². The maximum Gasteiger partial charge on any atom is 0.303 e. The second kappa shape index (κ2) is 12.6. The third-order valence-electron chi connectivity index (χ3n) is 5.37. The fraction of sp³-hybridized carbons (Fsp3) is 0.385. The molecule has 0 atom stereocenters. The van der Waals surface area contributed by atoms with Crippen molar-refractivity contribution in [1.29, 1.82) is 0 Å². The number of carboxylic acids is 1. The molecular weight excluding hydrogens is 390 g/mol. The zero-order valence-electron chi connectivity index (χ0n) is 18.7. The van der Waals surface area contributed by atoms with E-state index in [1.165, 1.54) is 18.4 Å². The Morgan fingerprint density at radius 2 is 1.74 bits per heavy atom. The second-order valence-corrected chi connectivity index (χ2v) is 7.74. The Bertz CT molecular complexity index is 883. The average Bonchev–Trinajstić information content (AvgIpc) is 2.76. The van der Waals surface area contributed by atoms with E-state index in [9.17, 15) is 9.59 Å². The van der Waals surface area contributed by atoms with Crippen molar-refractivity contribution < 1.29 is 19.4 Å². The molecule has 0 unspecified atom stereocenters. The van der Waals surface area contributed by atoms with Crippen LogP contribution in [-0.2, 0) is 16.0 Å². The van der Waals surface area contributed by atoms with Gasteiger partial charge < -0.3 is 15.2 Å².